The molecule has 6 nitrogen and oxygen atoms in total. The average Bonchev–Trinajstić information content (AvgIpc) is 3.06. The van der Waals surface area contributed by atoms with Crippen LogP contribution in [0.5, 0.6) is 5.75 Å². The summed E-state index contributed by atoms with van der Waals surface area (Å²) in [6, 6.07) is 7.29. The van der Waals surface area contributed by atoms with Crippen molar-refractivity contribution in [1.29, 1.82) is 0 Å². The van der Waals surface area contributed by atoms with Gasteiger partial charge >= 0.3 is 5.97 Å². The largest absolute Gasteiger partial charge is 0.491 e. The third-order valence-corrected chi connectivity index (χ3v) is 3.12. The Morgan fingerprint density at radius 2 is 2.00 bits per heavy atom. The Morgan fingerprint density at radius 1 is 1.26 bits per heavy atom. The zero-order valence-corrected chi connectivity index (χ0v) is 13.2. The van der Waals surface area contributed by atoms with E-state index in [9.17, 15) is 4.79 Å². The molecule has 1 aliphatic rings. The van der Waals surface area contributed by atoms with Crippen LogP contribution in [0.2, 0.25) is 0 Å². The molecule has 0 spiro atoms. The molecule has 0 unspecified atom stereocenters. The summed E-state index contributed by atoms with van der Waals surface area (Å²) in [7, 11) is 1.81. The standard InChI is InChI=1S/C17H17N3O3/c1-11(2)22-14-6-4-13(5-7-14)16-19-15(17(21)23-16)8-12-9-18-20(3)10-12/h4-11H,1-3H3. The molecule has 0 bridgehead atoms. The highest BCUT2D eigenvalue weighted by atomic mass is 16.6. The van der Waals surface area contributed by atoms with Crippen LogP contribution in [0, 0.1) is 0 Å². The molecule has 1 aromatic heterocycles. The Hall–Kier alpha value is -2.89. The lowest BCUT2D eigenvalue weighted by Crippen LogP contribution is -2.07. The molecule has 3 rings (SSSR count). The lowest BCUT2D eigenvalue weighted by molar-refractivity contribution is -0.129. The molecule has 0 atom stereocenters. The zero-order valence-electron chi connectivity index (χ0n) is 13.2. The van der Waals surface area contributed by atoms with Crippen molar-refractivity contribution in [1.82, 2.24) is 9.78 Å². The van der Waals surface area contributed by atoms with Gasteiger partial charge in [0.25, 0.3) is 0 Å². The van der Waals surface area contributed by atoms with Crippen LogP contribution >= 0.6 is 0 Å². The van der Waals surface area contributed by atoms with Gasteiger partial charge in [-0.3, -0.25) is 4.68 Å². The number of carbonyl (C=O) groups excluding carboxylic acids is 1. The van der Waals surface area contributed by atoms with Crippen molar-refractivity contribution in [3.05, 3.63) is 53.5 Å². The second-order valence-corrected chi connectivity index (χ2v) is 5.47. The maximum Gasteiger partial charge on any atom is 0.363 e. The van der Waals surface area contributed by atoms with E-state index >= 15 is 0 Å². The maximum absolute atomic E-state index is 11.9. The summed E-state index contributed by atoms with van der Waals surface area (Å²) < 4.78 is 12.5. The second kappa shape index (κ2) is 6.08. The Balaban J connectivity index is 1.82. The SMILES string of the molecule is CC(C)Oc1ccc(C2=NC(=Cc3cnn(C)c3)C(=O)O2)cc1. The van der Waals surface area contributed by atoms with Crippen LogP contribution in [0.3, 0.4) is 0 Å². The molecule has 0 saturated heterocycles. The normalized spacial score (nSPS) is 15.9. The minimum Gasteiger partial charge on any atom is -0.491 e. The highest BCUT2D eigenvalue weighted by Gasteiger charge is 2.24. The first kappa shape index (κ1) is 15.0. The minimum atomic E-state index is -0.466. The van der Waals surface area contributed by atoms with E-state index in [1.54, 1.807) is 23.2 Å². The van der Waals surface area contributed by atoms with Gasteiger partial charge in [-0.25, -0.2) is 9.79 Å². The summed E-state index contributed by atoms with van der Waals surface area (Å²) >= 11 is 0. The Bertz CT molecular complexity index is 786. The van der Waals surface area contributed by atoms with Crippen LogP contribution in [0.15, 0.2) is 47.3 Å². The number of carbonyl (C=O) groups is 1. The number of rotatable bonds is 4. The number of cyclic esters (lactones) is 1. The van der Waals surface area contributed by atoms with Crippen LogP contribution in [-0.4, -0.2) is 27.8 Å². The van der Waals surface area contributed by atoms with Gasteiger partial charge in [0, 0.05) is 24.4 Å². The van der Waals surface area contributed by atoms with Gasteiger partial charge in [-0.1, -0.05) is 0 Å². The fraction of sp³-hybridized carbons (Fsp3) is 0.235. The molecule has 0 amide bonds. The van der Waals surface area contributed by atoms with Gasteiger partial charge in [-0.05, 0) is 44.2 Å². The smallest absolute Gasteiger partial charge is 0.363 e. The van der Waals surface area contributed by atoms with E-state index in [0.717, 1.165) is 16.9 Å². The van der Waals surface area contributed by atoms with E-state index in [2.05, 4.69) is 10.1 Å². The lowest BCUT2D eigenvalue weighted by atomic mass is 10.2. The summed E-state index contributed by atoms with van der Waals surface area (Å²) in [4.78, 5) is 16.2. The highest BCUT2D eigenvalue weighted by molar-refractivity contribution is 6.12. The first-order chi connectivity index (χ1) is 11.0. The number of nitrogens with zero attached hydrogens (tertiary/aromatic N) is 3. The van der Waals surface area contributed by atoms with E-state index in [4.69, 9.17) is 9.47 Å². The van der Waals surface area contributed by atoms with Crippen molar-refractivity contribution < 1.29 is 14.3 Å². The zero-order chi connectivity index (χ0) is 16.4. The van der Waals surface area contributed by atoms with Crippen LogP contribution in [0.25, 0.3) is 6.08 Å². The second-order valence-electron chi connectivity index (χ2n) is 5.47. The molecule has 2 heterocycles. The molecule has 0 saturated carbocycles. The summed E-state index contributed by atoms with van der Waals surface area (Å²) in [5, 5.41) is 4.05. The molecular formula is C17H17N3O3. The maximum atomic E-state index is 11.9. The Kier molecular flexibility index (Phi) is 3.97. The lowest BCUT2D eigenvalue weighted by Gasteiger charge is -2.09. The summed E-state index contributed by atoms with van der Waals surface area (Å²) in [5.74, 6) is 0.590. The molecule has 6 heteroatoms. The van der Waals surface area contributed by atoms with Crippen molar-refractivity contribution >= 4 is 17.9 Å². The van der Waals surface area contributed by atoms with Crippen molar-refractivity contribution in [3.63, 3.8) is 0 Å². The number of esters is 1. The van der Waals surface area contributed by atoms with Crippen LogP contribution < -0.4 is 4.74 Å². The monoisotopic (exact) mass is 311 g/mol. The number of benzene rings is 1. The molecule has 23 heavy (non-hydrogen) atoms. The van der Waals surface area contributed by atoms with Gasteiger partial charge in [0.15, 0.2) is 5.70 Å². The molecule has 0 N–H and O–H groups in total. The van der Waals surface area contributed by atoms with Crippen molar-refractivity contribution in [2.24, 2.45) is 12.0 Å². The van der Waals surface area contributed by atoms with Crippen LogP contribution in [0.1, 0.15) is 25.0 Å². The van der Waals surface area contributed by atoms with E-state index in [1.165, 1.54) is 0 Å². The molecule has 0 fully saturated rings. The molecule has 2 aromatic rings. The number of aryl methyl sites for hydroxylation is 1. The van der Waals surface area contributed by atoms with E-state index < -0.39 is 5.97 Å². The predicted octanol–water partition coefficient (Wildman–Crippen LogP) is 2.55. The quantitative estimate of drug-likeness (QED) is 0.643. The van der Waals surface area contributed by atoms with E-state index in [0.29, 0.717) is 5.90 Å². The van der Waals surface area contributed by atoms with Crippen molar-refractivity contribution in [2.75, 3.05) is 0 Å². The first-order valence-electron chi connectivity index (χ1n) is 7.29. The number of aromatic nitrogens is 2. The fourth-order valence-electron chi connectivity index (χ4n) is 2.15. The van der Waals surface area contributed by atoms with Gasteiger partial charge in [0.05, 0.1) is 12.3 Å². The van der Waals surface area contributed by atoms with Crippen molar-refractivity contribution in [3.8, 4) is 5.75 Å². The number of aliphatic imine (C=N–C) groups is 1. The van der Waals surface area contributed by atoms with Gasteiger partial charge in [-0.15, -0.1) is 0 Å². The van der Waals surface area contributed by atoms with Crippen LogP contribution in [-0.2, 0) is 16.6 Å². The molecular weight excluding hydrogens is 294 g/mol. The number of ether oxygens (including phenoxy) is 2. The van der Waals surface area contributed by atoms with Gasteiger partial charge in [-0.2, -0.15) is 5.10 Å². The van der Waals surface area contributed by atoms with E-state index in [-0.39, 0.29) is 11.8 Å². The summed E-state index contributed by atoms with van der Waals surface area (Å²) in [6.45, 7) is 3.93. The molecule has 0 radical (unpaired) electrons. The van der Waals surface area contributed by atoms with Crippen molar-refractivity contribution in [2.45, 2.75) is 20.0 Å². The molecule has 0 aliphatic carbocycles. The average molecular weight is 311 g/mol. The molecule has 1 aliphatic heterocycles. The molecule has 1 aromatic carbocycles. The Labute approximate surface area is 134 Å². The summed E-state index contributed by atoms with van der Waals surface area (Å²) in [5.41, 5.74) is 1.78. The first-order valence-corrected chi connectivity index (χ1v) is 7.29. The van der Waals surface area contributed by atoms with Gasteiger partial charge in [0.1, 0.15) is 5.75 Å². The number of hydrogen-bond donors (Lipinski definition) is 0. The van der Waals surface area contributed by atoms with Gasteiger partial charge < -0.3 is 9.47 Å². The predicted molar refractivity (Wildman–Crippen MR) is 86.0 cm³/mol. The topological polar surface area (TPSA) is 65.7 Å². The van der Waals surface area contributed by atoms with E-state index in [1.807, 2.05) is 45.2 Å². The summed E-state index contributed by atoms with van der Waals surface area (Å²) in [6.07, 6.45) is 5.22. The molecule has 118 valence electrons. The third kappa shape index (κ3) is 3.48. The van der Waals surface area contributed by atoms with Crippen LogP contribution in [0.4, 0.5) is 0 Å². The number of hydrogen-bond acceptors (Lipinski definition) is 5. The highest BCUT2D eigenvalue weighted by Crippen LogP contribution is 2.21. The van der Waals surface area contributed by atoms with Gasteiger partial charge in [0.2, 0.25) is 5.90 Å². The Morgan fingerprint density at radius 3 is 2.61 bits per heavy atom. The minimum absolute atomic E-state index is 0.108. The third-order valence-electron chi connectivity index (χ3n) is 3.12. The fourth-order valence-corrected chi connectivity index (χ4v) is 2.15.